The molecule has 0 saturated heterocycles. The molecule has 0 N–H and O–H groups in total. The topological polar surface area (TPSA) is 83.8 Å². The summed E-state index contributed by atoms with van der Waals surface area (Å²) in [5.74, 6) is -0.0439. The van der Waals surface area contributed by atoms with Crippen LogP contribution in [-0.4, -0.2) is 13.1 Å². The largest absolute Gasteiger partial charge is 0.474 e. The molecule has 0 fully saturated rings. The summed E-state index contributed by atoms with van der Waals surface area (Å²) in [4.78, 5) is 2.25. The quantitative estimate of drug-likeness (QED) is 0.411. The van der Waals surface area contributed by atoms with Gasteiger partial charge in [-0.2, -0.15) is 15.8 Å². The molecule has 2 aromatic carbocycles. The zero-order chi connectivity index (χ0) is 24.9. The van der Waals surface area contributed by atoms with Gasteiger partial charge in [-0.05, 0) is 50.6 Å². The van der Waals surface area contributed by atoms with Crippen molar-refractivity contribution in [1.82, 2.24) is 0 Å². The van der Waals surface area contributed by atoms with Crippen LogP contribution in [0.2, 0.25) is 10.0 Å². The van der Waals surface area contributed by atoms with Gasteiger partial charge >= 0.3 is 0 Å². The van der Waals surface area contributed by atoms with Crippen LogP contribution in [0.4, 0.5) is 5.69 Å². The number of benzene rings is 2. The molecule has 5 nitrogen and oxygen atoms in total. The van der Waals surface area contributed by atoms with Crippen molar-refractivity contribution in [3.8, 4) is 18.2 Å². The number of hydrogen-bond acceptors (Lipinski definition) is 5. The lowest BCUT2D eigenvalue weighted by atomic mass is 9.86. The molecular formula is C27H22Cl2N4O. The van der Waals surface area contributed by atoms with E-state index < -0.39 is 5.60 Å². The lowest BCUT2D eigenvalue weighted by Gasteiger charge is -2.27. The second-order valence-electron chi connectivity index (χ2n) is 7.69. The number of allylic oxidation sites excluding steroid dienone is 2. The van der Waals surface area contributed by atoms with E-state index in [4.69, 9.17) is 27.9 Å². The van der Waals surface area contributed by atoms with Crippen molar-refractivity contribution in [2.24, 2.45) is 0 Å². The zero-order valence-corrected chi connectivity index (χ0v) is 20.6. The molecule has 0 bridgehead atoms. The van der Waals surface area contributed by atoms with Crippen LogP contribution in [0.1, 0.15) is 31.9 Å². The van der Waals surface area contributed by atoms with E-state index in [1.54, 1.807) is 31.2 Å². The Balaban J connectivity index is 2.14. The molecule has 2 aromatic rings. The Bertz CT molecular complexity index is 1300. The predicted octanol–water partition coefficient (Wildman–Crippen LogP) is 6.92. The van der Waals surface area contributed by atoms with Gasteiger partial charge in [0.25, 0.3) is 0 Å². The summed E-state index contributed by atoms with van der Waals surface area (Å²) in [6, 6.07) is 18.9. The molecule has 1 aliphatic rings. The molecule has 0 aromatic heterocycles. The Kier molecular flexibility index (Phi) is 7.70. The van der Waals surface area contributed by atoms with E-state index >= 15 is 0 Å². The number of nitrogens with zero attached hydrogens (tertiary/aromatic N) is 4. The first-order valence-corrected chi connectivity index (χ1v) is 11.5. The van der Waals surface area contributed by atoms with Crippen molar-refractivity contribution >= 4 is 35.0 Å². The molecule has 3 rings (SSSR count). The number of ether oxygens (including phenoxy) is 1. The van der Waals surface area contributed by atoms with Gasteiger partial charge < -0.3 is 9.64 Å². The number of rotatable bonds is 6. The van der Waals surface area contributed by atoms with Crippen LogP contribution in [0, 0.1) is 34.0 Å². The fraction of sp³-hybridized carbons (Fsp3) is 0.222. The maximum atomic E-state index is 9.95. The number of anilines is 1. The van der Waals surface area contributed by atoms with E-state index in [2.05, 4.69) is 24.8 Å². The monoisotopic (exact) mass is 488 g/mol. The first-order valence-electron chi connectivity index (χ1n) is 10.7. The number of halogens is 2. The fourth-order valence-electron chi connectivity index (χ4n) is 3.90. The van der Waals surface area contributed by atoms with Crippen molar-refractivity contribution in [2.45, 2.75) is 26.4 Å². The maximum Gasteiger partial charge on any atom is 0.172 e. The van der Waals surface area contributed by atoms with Crippen LogP contribution in [0.25, 0.3) is 6.08 Å². The Labute approximate surface area is 210 Å². The minimum absolute atomic E-state index is 0.0439. The third kappa shape index (κ3) is 4.66. The molecule has 1 heterocycles. The third-order valence-electron chi connectivity index (χ3n) is 5.81. The normalized spacial score (nSPS) is 17.2. The Morgan fingerprint density at radius 1 is 0.971 bits per heavy atom. The Hall–Kier alpha value is -3.69. The molecule has 1 aliphatic heterocycles. The maximum absolute atomic E-state index is 9.95. The number of nitriles is 3. The molecule has 0 amide bonds. The molecule has 1 atom stereocenters. The molecule has 34 heavy (non-hydrogen) atoms. The van der Waals surface area contributed by atoms with Crippen LogP contribution in [0.3, 0.4) is 0 Å². The van der Waals surface area contributed by atoms with E-state index in [1.165, 1.54) is 0 Å². The predicted molar refractivity (Wildman–Crippen MR) is 135 cm³/mol. The zero-order valence-electron chi connectivity index (χ0n) is 19.1. The van der Waals surface area contributed by atoms with E-state index in [0.29, 0.717) is 21.2 Å². The van der Waals surface area contributed by atoms with E-state index in [1.807, 2.05) is 42.5 Å². The average Bonchev–Trinajstić information content (AvgIpc) is 3.14. The highest BCUT2D eigenvalue weighted by molar-refractivity contribution is 6.42. The molecule has 0 spiro atoms. The standard InChI is InChI=1S/C27H22Cl2N4O/c1-4-33(5-2)21-10-6-18(7-11-21)8-12-23-22(17-32)26(19(15-30)16-31)34-27(23,3)20-9-13-24(28)25(29)14-20/h6-14H,4-5H2,1-3H3. The third-order valence-corrected chi connectivity index (χ3v) is 6.55. The minimum atomic E-state index is -1.16. The number of hydrogen-bond donors (Lipinski definition) is 0. The van der Waals surface area contributed by atoms with Gasteiger partial charge in [0, 0.05) is 29.9 Å². The molecular weight excluding hydrogens is 467 g/mol. The van der Waals surface area contributed by atoms with Gasteiger partial charge in [-0.25, -0.2) is 0 Å². The first-order chi connectivity index (χ1) is 16.3. The summed E-state index contributed by atoms with van der Waals surface area (Å²) in [7, 11) is 0. The van der Waals surface area contributed by atoms with Gasteiger partial charge in [-0.15, -0.1) is 0 Å². The van der Waals surface area contributed by atoms with Gasteiger partial charge in [0.1, 0.15) is 23.8 Å². The highest BCUT2D eigenvalue weighted by atomic mass is 35.5. The lowest BCUT2D eigenvalue weighted by molar-refractivity contribution is 0.0755. The molecule has 0 saturated carbocycles. The first kappa shape index (κ1) is 24.9. The van der Waals surface area contributed by atoms with Crippen molar-refractivity contribution in [3.05, 3.63) is 92.2 Å². The summed E-state index contributed by atoms with van der Waals surface area (Å²) in [5.41, 5.74) is 1.90. The SMILES string of the molecule is CCN(CC)c1ccc(C=CC2=C(C#N)C(=C(C#N)C#N)OC2(C)c2ccc(Cl)c(Cl)c2)cc1. The van der Waals surface area contributed by atoms with Crippen molar-refractivity contribution in [1.29, 1.82) is 15.8 Å². The molecule has 1 unspecified atom stereocenters. The second-order valence-corrected chi connectivity index (χ2v) is 8.50. The summed E-state index contributed by atoms with van der Waals surface area (Å²) in [6.07, 6.45) is 3.66. The molecule has 170 valence electrons. The summed E-state index contributed by atoms with van der Waals surface area (Å²) >= 11 is 12.4. The molecule has 0 radical (unpaired) electrons. The average molecular weight is 489 g/mol. The van der Waals surface area contributed by atoms with Crippen LogP contribution in [-0.2, 0) is 10.3 Å². The van der Waals surface area contributed by atoms with Gasteiger partial charge in [-0.3, -0.25) is 0 Å². The Morgan fingerprint density at radius 2 is 1.62 bits per heavy atom. The van der Waals surface area contributed by atoms with Gasteiger partial charge in [0.15, 0.2) is 16.9 Å². The van der Waals surface area contributed by atoms with Crippen molar-refractivity contribution in [2.75, 3.05) is 18.0 Å². The van der Waals surface area contributed by atoms with E-state index in [0.717, 1.165) is 24.3 Å². The Morgan fingerprint density at radius 3 is 2.15 bits per heavy atom. The smallest absolute Gasteiger partial charge is 0.172 e. The van der Waals surface area contributed by atoms with Gasteiger partial charge in [-0.1, -0.05) is 53.6 Å². The lowest BCUT2D eigenvalue weighted by Crippen LogP contribution is -2.23. The summed E-state index contributed by atoms with van der Waals surface area (Å²) in [6.45, 7) is 7.82. The minimum Gasteiger partial charge on any atom is -0.474 e. The van der Waals surface area contributed by atoms with Crippen LogP contribution >= 0.6 is 23.2 Å². The van der Waals surface area contributed by atoms with Crippen molar-refractivity contribution in [3.63, 3.8) is 0 Å². The van der Waals surface area contributed by atoms with E-state index in [-0.39, 0.29) is 16.9 Å². The molecule has 7 heteroatoms. The molecule has 0 aliphatic carbocycles. The fourth-order valence-corrected chi connectivity index (χ4v) is 4.20. The summed E-state index contributed by atoms with van der Waals surface area (Å²) in [5, 5.41) is 29.5. The van der Waals surface area contributed by atoms with Gasteiger partial charge in [0.05, 0.1) is 10.0 Å². The highest BCUT2D eigenvalue weighted by Gasteiger charge is 2.44. The summed E-state index contributed by atoms with van der Waals surface area (Å²) < 4.78 is 6.14. The van der Waals surface area contributed by atoms with Crippen LogP contribution in [0.5, 0.6) is 0 Å². The van der Waals surface area contributed by atoms with Crippen molar-refractivity contribution < 1.29 is 4.74 Å². The highest BCUT2D eigenvalue weighted by Crippen LogP contribution is 2.48. The van der Waals surface area contributed by atoms with Gasteiger partial charge in [0.2, 0.25) is 0 Å². The van der Waals surface area contributed by atoms with Crippen LogP contribution in [0.15, 0.2) is 71.0 Å². The van der Waals surface area contributed by atoms with Crippen LogP contribution < -0.4 is 4.90 Å². The second kappa shape index (κ2) is 10.5. The van der Waals surface area contributed by atoms with E-state index in [9.17, 15) is 15.8 Å².